The van der Waals surface area contributed by atoms with Crippen LogP contribution in [-0.4, -0.2) is 34.8 Å². The first-order valence-electron chi connectivity index (χ1n) is 19.2. The van der Waals surface area contributed by atoms with E-state index >= 15 is 0 Å². The molecule has 0 aliphatic carbocycles. The van der Waals surface area contributed by atoms with E-state index in [1.165, 1.54) is 69.3 Å². The van der Waals surface area contributed by atoms with Gasteiger partial charge in [-0.05, 0) is 85.4 Å². The molecule has 1 unspecified atom stereocenters. The predicted molar refractivity (Wildman–Crippen MR) is 255 cm³/mol. The van der Waals surface area contributed by atoms with Gasteiger partial charge in [0, 0.05) is 18.8 Å². The van der Waals surface area contributed by atoms with E-state index in [1.54, 1.807) is 36.9 Å². The van der Waals surface area contributed by atoms with Gasteiger partial charge in [0.1, 0.15) is 0 Å². The van der Waals surface area contributed by atoms with Crippen molar-refractivity contribution < 1.29 is 34.1 Å². The van der Waals surface area contributed by atoms with Crippen molar-refractivity contribution in [3.63, 3.8) is 0 Å². The van der Waals surface area contributed by atoms with Crippen LogP contribution in [0.25, 0.3) is 0 Å². The average molecular weight is 937 g/mol. The zero-order valence-corrected chi connectivity index (χ0v) is 38.5. The van der Waals surface area contributed by atoms with Gasteiger partial charge in [-0.2, -0.15) is 12.4 Å². The van der Waals surface area contributed by atoms with E-state index in [-0.39, 0.29) is 34.1 Å². The first-order valence-corrected chi connectivity index (χ1v) is 25.1. The van der Waals surface area contributed by atoms with Crippen LogP contribution < -0.4 is 42.0 Å². The number of hydrogen-bond donors (Lipinski definition) is 0. The van der Waals surface area contributed by atoms with Crippen molar-refractivity contribution in [3.05, 3.63) is 219 Å². The van der Waals surface area contributed by atoms with Crippen LogP contribution in [0.2, 0.25) is 0 Å². The fraction of sp³-hybridized carbons (Fsp3) is 0.125. The molecule has 0 radical (unpaired) electrons. The van der Waals surface area contributed by atoms with Crippen molar-refractivity contribution >= 4 is 64.8 Å². The maximum absolute atomic E-state index is 3.47. The number of hydrogen-bond acceptors (Lipinski definition) is 2. The summed E-state index contributed by atoms with van der Waals surface area (Å²) in [5.74, 6) is 0. The molecule has 304 valence electrons. The van der Waals surface area contributed by atoms with Crippen molar-refractivity contribution in [1.82, 2.24) is 20.4 Å². The van der Waals surface area contributed by atoms with Gasteiger partial charge in [-0.25, -0.2) is 0 Å². The van der Waals surface area contributed by atoms with Gasteiger partial charge in [0.05, 0.1) is 74.1 Å². The van der Waals surface area contributed by atoms with Crippen LogP contribution in [0.15, 0.2) is 219 Å². The molecule has 8 aromatic rings. The minimum absolute atomic E-state index is 0. The molecule has 8 rings (SSSR count). The molecule has 0 amide bonds. The summed E-state index contributed by atoms with van der Waals surface area (Å²) in [5.41, 5.74) is 0. The Hall–Kier alpha value is -3.50. The molecule has 0 bridgehead atoms. The van der Waals surface area contributed by atoms with E-state index in [9.17, 15) is 0 Å². The van der Waals surface area contributed by atoms with Crippen molar-refractivity contribution in [2.24, 2.45) is 0 Å². The molecule has 58 heavy (non-hydrogen) atoms. The number of nitrogens with zero attached hydrogens (tertiary/aromatic N) is 4. The molecule has 0 N–H and O–H groups in total. The summed E-state index contributed by atoms with van der Waals surface area (Å²) >= 11 is 0. The topological polar surface area (TPSA) is 54.0 Å². The molecule has 1 atom stereocenters. The third-order valence-electron chi connectivity index (χ3n) is 8.96. The third-order valence-corrected chi connectivity index (χ3v) is 18.1. The summed E-state index contributed by atoms with van der Waals surface area (Å²) < 4.78 is 0. The van der Waals surface area contributed by atoms with Gasteiger partial charge in [0.15, 0.2) is 0 Å². The molecule has 4 nitrogen and oxygen atoms in total. The Morgan fingerprint density at radius 2 is 0.586 bits per heavy atom. The van der Waals surface area contributed by atoms with Gasteiger partial charge in [-0.3, -0.25) is 0 Å². The Bertz CT molecular complexity index is 1810. The standard InChI is InChI=1S/C27H26P2.C15H18P2.2C3H3N2.2Cu/c1-5-14-24(15-6-1)28(25-16-7-2-8-17-25)22-13-23-29(26-18-9-3-10-19-26)27-20-11-4-12-21-27;16-12-7-13-17(14-8-3-1-4-9-14)15-10-5-2-6-11-15;2*1-2-4-5-3-1;;/h1-12,14-21H,13,22-23H2;1-6,8-11H,7,12-13,16H2;2*1-3H;;/q;;2*-1;2*+1/p+3. The van der Waals surface area contributed by atoms with Gasteiger partial charge in [0.25, 0.3) is 0 Å². The first-order chi connectivity index (χ1) is 27.8. The van der Waals surface area contributed by atoms with Crippen LogP contribution in [0.4, 0.5) is 0 Å². The molecule has 0 aliphatic rings. The van der Waals surface area contributed by atoms with Crippen LogP contribution in [-0.2, 0) is 34.1 Å². The molecule has 0 spiro atoms. The van der Waals surface area contributed by atoms with Crippen LogP contribution in [0, 0.1) is 0 Å². The summed E-state index contributed by atoms with van der Waals surface area (Å²) in [4.78, 5) is 0. The maximum atomic E-state index is 3.47. The molecule has 0 fully saturated rings. The summed E-state index contributed by atoms with van der Waals surface area (Å²) in [5, 5.41) is 23.0. The largest absolute Gasteiger partial charge is 1.00 e. The van der Waals surface area contributed by atoms with Crippen LogP contribution in [0.1, 0.15) is 12.8 Å². The summed E-state index contributed by atoms with van der Waals surface area (Å²) in [6.45, 7) is 0. The predicted octanol–water partition coefficient (Wildman–Crippen LogP) is 8.30. The molecular formula is C48H53Cu2N4P4+3. The molecule has 0 saturated carbocycles. The maximum Gasteiger partial charge on any atom is 1.00 e. The zero-order valence-electron chi connectivity index (χ0n) is 32.5. The molecule has 0 aliphatic heterocycles. The summed E-state index contributed by atoms with van der Waals surface area (Å²) in [7, 11) is 0.776. The Morgan fingerprint density at radius 1 is 0.345 bits per heavy atom. The minimum Gasteiger partial charge on any atom is -0.582 e. The van der Waals surface area contributed by atoms with Crippen LogP contribution in [0.3, 0.4) is 0 Å². The van der Waals surface area contributed by atoms with Gasteiger partial charge >= 0.3 is 34.1 Å². The van der Waals surface area contributed by atoms with Crippen molar-refractivity contribution in [3.8, 4) is 0 Å². The van der Waals surface area contributed by atoms with Gasteiger partial charge in [-0.15, -0.1) is 9.24 Å². The molecule has 2 heterocycles. The monoisotopic (exact) mass is 935 g/mol. The zero-order chi connectivity index (χ0) is 38.7. The van der Waals surface area contributed by atoms with Crippen LogP contribution in [0.5, 0.6) is 0 Å². The van der Waals surface area contributed by atoms with Crippen LogP contribution >= 0.6 is 33.0 Å². The van der Waals surface area contributed by atoms with Crippen molar-refractivity contribution in [2.75, 3.05) is 24.6 Å². The quantitative estimate of drug-likeness (QED) is 0.0864. The Kier molecular flexibility index (Phi) is 25.7. The molecule has 6 aromatic carbocycles. The van der Waals surface area contributed by atoms with E-state index in [1.807, 2.05) is 0 Å². The van der Waals surface area contributed by atoms with E-state index in [4.69, 9.17) is 0 Å². The van der Waals surface area contributed by atoms with Crippen molar-refractivity contribution in [1.29, 1.82) is 0 Å². The van der Waals surface area contributed by atoms with E-state index in [2.05, 4.69) is 212 Å². The van der Waals surface area contributed by atoms with E-state index in [0.717, 1.165) is 0 Å². The average Bonchev–Trinajstić information content (AvgIpc) is 4.08. The summed E-state index contributed by atoms with van der Waals surface area (Å²) in [6.07, 6.45) is 14.2. The minimum atomic E-state index is -0.742. The van der Waals surface area contributed by atoms with E-state index < -0.39 is 23.8 Å². The molecular weight excluding hydrogens is 884 g/mol. The number of aromatic nitrogens is 4. The number of benzene rings is 6. The normalized spacial score (nSPS) is 10.1. The SMILES string of the molecule is PCCC[PH+](c1ccccc1)c1ccccc1.[Cu+].[Cu+].c1ccc([PH+](CCC[PH+](c2ccccc2)c2ccccc2)c2ccccc2)cc1.c1cn[n-]c1.c1cn[n-]c1. The van der Waals surface area contributed by atoms with Gasteiger partial charge < -0.3 is 20.4 Å². The second-order valence-electron chi connectivity index (χ2n) is 12.8. The second kappa shape index (κ2) is 30.5. The van der Waals surface area contributed by atoms with Gasteiger partial charge in [0.2, 0.25) is 0 Å². The smallest absolute Gasteiger partial charge is 0.582 e. The first kappa shape index (κ1) is 48.9. The second-order valence-corrected chi connectivity index (χ2v) is 21.2. The van der Waals surface area contributed by atoms with Gasteiger partial charge in [-0.1, -0.05) is 121 Å². The fourth-order valence-electron chi connectivity index (χ4n) is 6.31. The Balaban J connectivity index is 0.000000260. The molecule has 2 aromatic heterocycles. The molecule has 10 heteroatoms. The fourth-order valence-corrected chi connectivity index (χ4v) is 15.2. The van der Waals surface area contributed by atoms with Crippen molar-refractivity contribution in [2.45, 2.75) is 12.8 Å². The summed E-state index contributed by atoms with van der Waals surface area (Å²) in [6, 6.07) is 70.1. The number of rotatable bonds is 13. The molecule has 0 saturated heterocycles. The Labute approximate surface area is 373 Å². The Morgan fingerprint density at radius 3 is 0.759 bits per heavy atom. The third kappa shape index (κ3) is 17.8. The van der Waals surface area contributed by atoms with E-state index in [0.29, 0.717) is 0 Å².